The Morgan fingerprint density at radius 1 is 1.12 bits per heavy atom. The van der Waals surface area contributed by atoms with E-state index in [0.717, 1.165) is 11.1 Å². The predicted octanol–water partition coefficient (Wildman–Crippen LogP) is 2.19. The third-order valence-corrected chi connectivity index (χ3v) is 3.06. The topological polar surface area (TPSA) is 42.4 Å². The van der Waals surface area contributed by atoms with Crippen LogP contribution in [-0.2, 0) is 18.0 Å². The number of rotatable bonds is 2. The monoisotopic (exact) mass is 227 g/mol. The van der Waals surface area contributed by atoms with Gasteiger partial charge in [-0.25, -0.2) is 0 Å². The van der Waals surface area contributed by atoms with Gasteiger partial charge in [0.25, 0.3) is 0 Å². The number of ether oxygens (including phenoxy) is 1. The van der Waals surface area contributed by atoms with Crippen molar-refractivity contribution in [2.75, 3.05) is 0 Å². The molecular formula is C14H13NO2. The van der Waals surface area contributed by atoms with Crippen molar-refractivity contribution in [1.82, 2.24) is 4.98 Å². The van der Waals surface area contributed by atoms with Gasteiger partial charge in [0.1, 0.15) is 6.10 Å². The van der Waals surface area contributed by atoms with Crippen LogP contribution in [0.1, 0.15) is 28.4 Å². The molecule has 3 heteroatoms. The molecule has 1 aliphatic rings. The molecule has 0 aliphatic carbocycles. The molecule has 3 rings (SSSR count). The van der Waals surface area contributed by atoms with Crippen molar-refractivity contribution in [3.63, 3.8) is 0 Å². The van der Waals surface area contributed by atoms with Crippen LogP contribution in [-0.4, -0.2) is 10.1 Å². The average Bonchev–Trinajstić information content (AvgIpc) is 2.86. The Hall–Kier alpha value is -1.71. The molecule has 2 aromatic rings. The summed E-state index contributed by atoms with van der Waals surface area (Å²) >= 11 is 0. The third kappa shape index (κ3) is 1.95. The number of pyridine rings is 1. The molecule has 1 aliphatic heterocycles. The van der Waals surface area contributed by atoms with Gasteiger partial charge in [0.05, 0.1) is 13.2 Å². The molecule has 0 saturated heterocycles. The molecule has 0 saturated carbocycles. The smallest absolute Gasteiger partial charge is 0.106 e. The van der Waals surface area contributed by atoms with Crippen LogP contribution >= 0.6 is 0 Å². The number of aromatic nitrogens is 1. The largest absolute Gasteiger partial charge is 0.384 e. The summed E-state index contributed by atoms with van der Waals surface area (Å²) in [6.07, 6.45) is 2.77. The summed E-state index contributed by atoms with van der Waals surface area (Å²) in [6.45, 7) is 1.32. The lowest BCUT2D eigenvalue weighted by molar-refractivity contribution is 0.134. The summed E-state index contributed by atoms with van der Waals surface area (Å²) < 4.78 is 5.36. The molecule has 1 aromatic carbocycles. The molecule has 0 fully saturated rings. The van der Waals surface area contributed by atoms with E-state index in [0.29, 0.717) is 13.2 Å². The minimum absolute atomic E-state index is 0.616. The first-order valence-electron chi connectivity index (χ1n) is 5.62. The van der Waals surface area contributed by atoms with Gasteiger partial charge in [0, 0.05) is 18.0 Å². The van der Waals surface area contributed by atoms with Crippen molar-refractivity contribution >= 4 is 0 Å². The summed E-state index contributed by atoms with van der Waals surface area (Å²) in [7, 11) is 0. The minimum Gasteiger partial charge on any atom is -0.384 e. The number of hydrogen-bond donors (Lipinski definition) is 1. The molecule has 1 aromatic heterocycles. The lowest BCUT2D eigenvalue weighted by Crippen LogP contribution is -2.01. The summed E-state index contributed by atoms with van der Waals surface area (Å²) in [5.74, 6) is 0. The lowest BCUT2D eigenvalue weighted by Gasteiger charge is -2.11. The van der Waals surface area contributed by atoms with E-state index in [-0.39, 0.29) is 0 Å². The Bertz CT molecular complexity index is 525. The number of benzene rings is 1. The zero-order valence-corrected chi connectivity index (χ0v) is 9.34. The van der Waals surface area contributed by atoms with Crippen molar-refractivity contribution in [3.8, 4) is 0 Å². The average molecular weight is 227 g/mol. The van der Waals surface area contributed by atoms with Crippen LogP contribution < -0.4 is 0 Å². The van der Waals surface area contributed by atoms with Crippen molar-refractivity contribution < 1.29 is 9.84 Å². The van der Waals surface area contributed by atoms with Crippen LogP contribution in [0.25, 0.3) is 0 Å². The fourth-order valence-electron chi connectivity index (χ4n) is 2.09. The zero-order chi connectivity index (χ0) is 11.7. The van der Waals surface area contributed by atoms with Gasteiger partial charge in [0.15, 0.2) is 0 Å². The van der Waals surface area contributed by atoms with Crippen molar-refractivity contribution in [2.24, 2.45) is 0 Å². The molecule has 0 amide bonds. The Balaban J connectivity index is 1.94. The minimum atomic E-state index is -0.616. The summed E-state index contributed by atoms with van der Waals surface area (Å²) in [6, 6.07) is 9.69. The van der Waals surface area contributed by atoms with Crippen LogP contribution in [0.5, 0.6) is 0 Å². The summed E-state index contributed by atoms with van der Waals surface area (Å²) in [5, 5.41) is 10.2. The Morgan fingerprint density at radius 2 is 2.00 bits per heavy atom. The molecule has 0 spiro atoms. The number of aliphatic hydroxyl groups is 1. The first-order valence-corrected chi connectivity index (χ1v) is 5.62. The number of nitrogens with zero attached hydrogens (tertiary/aromatic N) is 1. The second-order valence-corrected chi connectivity index (χ2v) is 4.21. The summed E-state index contributed by atoms with van der Waals surface area (Å²) in [5.41, 5.74) is 4.09. The Labute approximate surface area is 99.7 Å². The van der Waals surface area contributed by atoms with Crippen molar-refractivity contribution in [2.45, 2.75) is 19.3 Å². The van der Waals surface area contributed by atoms with E-state index in [1.807, 2.05) is 30.3 Å². The fourth-order valence-corrected chi connectivity index (χ4v) is 2.09. The Kier molecular flexibility index (Phi) is 2.63. The highest BCUT2D eigenvalue weighted by Gasteiger charge is 2.15. The zero-order valence-electron chi connectivity index (χ0n) is 9.34. The molecule has 0 radical (unpaired) electrons. The van der Waals surface area contributed by atoms with E-state index in [1.54, 1.807) is 12.4 Å². The van der Waals surface area contributed by atoms with Crippen LogP contribution in [0.2, 0.25) is 0 Å². The standard InChI is InChI=1S/C14H13NO2/c16-14(11-2-1-5-15-7-11)10-3-4-12-8-17-9-13(12)6-10/h1-7,14,16H,8-9H2. The molecule has 1 atom stereocenters. The Morgan fingerprint density at radius 3 is 2.82 bits per heavy atom. The van der Waals surface area contributed by atoms with Gasteiger partial charge in [0.2, 0.25) is 0 Å². The van der Waals surface area contributed by atoms with Gasteiger partial charge < -0.3 is 9.84 Å². The number of fused-ring (bicyclic) bond motifs is 1. The van der Waals surface area contributed by atoms with E-state index < -0.39 is 6.10 Å². The maximum absolute atomic E-state index is 10.2. The number of aliphatic hydroxyl groups excluding tert-OH is 1. The van der Waals surface area contributed by atoms with Gasteiger partial charge in [-0.3, -0.25) is 4.98 Å². The SMILES string of the molecule is OC(c1cccnc1)c1ccc2c(c1)COC2. The highest BCUT2D eigenvalue weighted by molar-refractivity contribution is 5.37. The maximum atomic E-state index is 10.2. The van der Waals surface area contributed by atoms with Crippen LogP contribution in [0, 0.1) is 0 Å². The molecule has 1 unspecified atom stereocenters. The first kappa shape index (κ1) is 10.4. The van der Waals surface area contributed by atoms with E-state index in [1.165, 1.54) is 11.1 Å². The molecular weight excluding hydrogens is 214 g/mol. The van der Waals surface area contributed by atoms with Crippen LogP contribution in [0.4, 0.5) is 0 Å². The normalized spacial score (nSPS) is 15.6. The molecule has 86 valence electrons. The predicted molar refractivity (Wildman–Crippen MR) is 63.2 cm³/mol. The first-order chi connectivity index (χ1) is 8.34. The van der Waals surface area contributed by atoms with E-state index in [2.05, 4.69) is 4.98 Å². The second-order valence-electron chi connectivity index (χ2n) is 4.21. The molecule has 3 nitrogen and oxygen atoms in total. The van der Waals surface area contributed by atoms with Crippen LogP contribution in [0.15, 0.2) is 42.7 Å². The molecule has 17 heavy (non-hydrogen) atoms. The number of hydrogen-bond acceptors (Lipinski definition) is 3. The van der Waals surface area contributed by atoms with Crippen molar-refractivity contribution in [1.29, 1.82) is 0 Å². The van der Waals surface area contributed by atoms with Crippen LogP contribution in [0.3, 0.4) is 0 Å². The van der Waals surface area contributed by atoms with E-state index in [4.69, 9.17) is 4.74 Å². The second kappa shape index (κ2) is 4.28. The fraction of sp³-hybridized carbons (Fsp3) is 0.214. The molecule has 1 N–H and O–H groups in total. The summed E-state index contributed by atoms with van der Waals surface area (Å²) in [4.78, 5) is 4.02. The van der Waals surface area contributed by atoms with Gasteiger partial charge in [-0.2, -0.15) is 0 Å². The van der Waals surface area contributed by atoms with Gasteiger partial charge in [-0.1, -0.05) is 24.3 Å². The molecule has 0 bridgehead atoms. The van der Waals surface area contributed by atoms with E-state index >= 15 is 0 Å². The quantitative estimate of drug-likeness (QED) is 0.855. The lowest BCUT2D eigenvalue weighted by atomic mass is 9.99. The van der Waals surface area contributed by atoms with Crippen molar-refractivity contribution in [3.05, 3.63) is 65.0 Å². The molecule has 2 heterocycles. The highest BCUT2D eigenvalue weighted by Crippen LogP contribution is 2.26. The van der Waals surface area contributed by atoms with Gasteiger partial charge in [-0.05, 0) is 22.8 Å². The maximum Gasteiger partial charge on any atom is 0.106 e. The van der Waals surface area contributed by atoms with Gasteiger partial charge >= 0.3 is 0 Å². The third-order valence-electron chi connectivity index (χ3n) is 3.06. The van der Waals surface area contributed by atoms with E-state index in [9.17, 15) is 5.11 Å². The highest BCUT2D eigenvalue weighted by atomic mass is 16.5. The van der Waals surface area contributed by atoms with Gasteiger partial charge in [-0.15, -0.1) is 0 Å².